The van der Waals surface area contributed by atoms with Crippen molar-refractivity contribution >= 4 is 34.3 Å². The molecule has 0 atom stereocenters. The first-order valence-corrected chi connectivity index (χ1v) is 9.72. The second-order valence-electron chi connectivity index (χ2n) is 6.87. The molecule has 1 fully saturated rings. The summed E-state index contributed by atoms with van der Waals surface area (Å²) in [5.41, 5.74) is 2.69. The first kappa shape index (κ1) is 18.4. The molecule has 0 aliphatic heterocycles. The lowest BCUT2D eigenvalue weighted by molar-refractivity contribution is -0.122. The quantitative estimate of drug-likeness (QED) is 0.625. The summed E-state index contributed by atoms with van der Waals surface area (Å²) in [5, 5.41) is 7.09. The van der Waals surface area contributed by atoms with E-state index < -0.39 is 0 Å². The molecule has 142 valence electrons. The molecular weight excluding hydrogens is 374 g/mol. The van der Waals surface area contributed by atoms with Gasteiger partial charge in [-0.1, -0.05) is 48.0 Å². The van der Waals surface area contributed by atoms with Gasteiger partial charge in [-0.15, -0.1) is 0 Å². The van der Waals surface area contributed by atoms with Crippen LogP contribution in [-0.4, -0.2) is 29.9 Å². The number of carbonyl (C=O) groups is 2. The Labute approximate surface area is 168 Å². The normalized spacial score (nSPS) is 13.3. The van der Waals surface area contributed by atoms with Crippen molar-refractivity contribution < 1.29 is 9.59 Å². The van der Waals surface area contributed by atoms with Gasteiger partial charge in [0.15, 0.2) is 0 Å². The topological polar surface area (TPSA) is 71.1 Å². The minimum atomic E-state index is -0.201. The van der Waals surface area contributed by atoms with Crippen LogP contribution in [0, 0.1) is 5.92 Å². The summed E-state index contributed by atoms with van der Waals surface area (Å²) >= 11 is 6.32. The average molecular weight is 394 g/mol. The van der Waals surface area contributed by atoms with Crippen LogP contribution in [0.25, 0.3) is 22.2 Å². The summed E-state index contributed by atoms with van der Waals surface area (Å²) in [6.07, 6.45) is 1.93. The van der Waals surface area contributed by atoms with E-state index in [0.29, 0.717) is 29.4 Å². The van der Waals surface area contributed by atoms with Gasteiger partial charge in [0.05, 0.1) is 16.8 Å². The van der Waals surface area contributed by atoms with Crippen LogP contribution in [0.2, 0.25) is 5.02 Å². The van der Waals surface area contributed by atoms with Gasteiger partial charge < -0.3 is 10.6 Å². The number of halogens is 1. The third-order valence-electron chi connectivity index (χ3n) is 4.77. The molecule has 0 radical (unpaired) electrons. The van der Waals surface area contributed by atoms with E-state index in [1.54, 1.807) is 12.1 Å². The number of benzene rings is 2. The van der Waals surface area contributed by atoms with Gasteiger partial charge in [0.2, 0.25) is 5.91 Å². The van der Waals surface area contributed by atoms with E-state index in [1.807, 2.05) is 42.5 Å². The van der Waals surface area contributed by atoms with Crippen molar-refractivity contribution in [1.29, 1.82) is 0 Å². The maximum atomic E-state index is 12.8. The van der Waals surface area contributed by atoms with Crippen molar-refractivity contribution in [2.45, 2.75) is 12.8 Å². The molecule has 28 heavy (non-hydrogen) atoms. The molecule has 1 saturated carbocycles. The van der Waals surface area contributed by atoms with Crippen LogP contribution in [0.5, 0.6) is 0 Å². The summed E-state index contributed by atoms with van der Waals surface area (Å²) < 4.78 is 0. The molecule has 6 heteroatoms. The van der Waals surface area contributed by atoms with E-state index >= 15 is 0 Å². The number of para-hydroxylation sites is 1. The predicted octanol–water partition coefficient (Wildman–Crippen LogP) is 3.81. The van der Waals surface area contributed by atoms with Gasteiger partial charge in [-0.05, 0) is 31.0 Å². The van der Waals surface area contributed by atoms with E-state index in [1.165, 1.54) is 0 Å². The Morgan fingerprint density at radius 2 is 1.71 bits per heavy atom. The molecule has 0 bridgehead atoms. The zero-order valence-corrected chi connectivity index (χ0v) is 16.0. The van der Waals surface area contributed by atoms with Crippen LogP contribution in [0.1, 0.15) is 23.2 Å². The number of aromatic nitrogens is 1. The lowest BCUT2D eigenvalue weighted by Gasteiger charge is -2.12. The van der Waals surface area contributed by atoms with E-state index in [9.17, 15) is 9.59 Å². The summed E-state index contributed by atoms with van der Waals surface area (Å²) in [6.45, 7) is 0.789. The zero-order valence-electron chi connectivity index (χ0n) is 15.2. The van der Waals surface area contributed by atoms with Crippen LogP contribution in [0.4, 0.5) is 0 Å². The van der Waals surface area contributed by atoms with Gasteiger partial charge in [-0.2, -0.15) is 0 Å². The Hall–Kier alpha value is -2.92. The summed E-state index contributed by atoms with van der Waals surface area (Å²) in [5.74, 6) is 0.0372. The van der Waals surface area contributed by atoms with Crippen LogP contribution in [-0.2, 0) is 4.79 Å². The summed E-state index contributed by atoms with van der Waals surface area (Å²) in [4.78, 5) is 29.2. The van der Waals surface area contributed by atoms with Gasteiger partial charge in [-0.25, -0.2) is 4.98 Å². The largest absolute Gasteiger partial charge is 0.354 e. The maximum Gasteiger partial charge on any atom is 0.252 e. The number of rotatable bonds is 6. The standard InChI is InChI=1S/C22H20ClN3O2/c23-18-7-3-1-6-16(18)20-13-17(15-5-2-4-8-19(15)26-20)22(28)25-12-11-24-21(27)14-9-10-14/h1-8,13-14H,9-12H2,(H,24,27)(H,25,28). The Balaban J connectivity index is 1.57. The van der Waals surface area contributed by atoms with Gasteiger partial charge in [0, 0.05) is 35.0 Å². The molecule has 0 spiro atoms. The van der Waals surface area contributed by atoms with Crippen molar-refractivity contribution in [1.82, 2.24) is 15.6 Å². The highest BCUT2D eigenvalue weighted by Gasteiger charge is 2.29. The molecular formula is C22H20ClN3O2. The fraction of sp³-hybridized carbons (Fsp3) is 0.227. The molecule has 2 aromatic carbocycles. The van der Waals surface area contributed by atoms with E-state index in [0.717, 1.165) is 29.3 Å². The van der Waals surface area contributed by atoms with Crippen LogP contribution >= 0.6 is 11.6 Å². The SMILES string of the molecule is O=C(NCCNC(=O)C1CC1)c1cc(-c2ccccc2Cl)nc2ccccc12. The highest BCUT2D eigenvalue weighted by atomic mass is 35.5. The number of pyridine rings is 1. The minimum absolute atomic E-state index is 0.0737. The molecule has 2 N–H and O–H groups in total. The molecule has 1 aliphatic carbocycles. The van der Waals surface area contributed by atoms with Crippen molar-refractivity contribution in [3.63, 3.8) is 0 Å². The Morgan fingerprint density at radius 1 is 1.00 bits per heavy atom. The second-order valence-corrected chi connectivity index (χ2v) is 7.28. The fourth-order valence-corrected chi connectivity index (χ4v) is 3.35. The average Bonchev–Trinajstić information content (AvgIpc) is 3.56. The molecule has 5 nitrogen and oxygen atoms in total. The number of hydrogen-bond donors (Lipinski definition) is 2. The molecule has 3 aromatic rings. The first-order valence-electron chi connectivity index (χ1n) is 9.34. The highest BCUT2D eigenvalue weighted by molar-refractivity contribution is 6.33. The lowest BCUT2D eigenvalue weighted by Crippen LogP contribution is -2.35. The van der Waals surface area contributed by atoms with Crippen molar-refractivity contribution in [2.24, 2.45) is 5.92 Å². The van der Waals surface area contributed by atoms with Gasteiger partial charge in [-0.3, -0.25) is 9.59 Å². The molecule has 1 heterocycles. The zero-order chi connectivity index (χ0) is 19.5. The van der Waals surface area contributed by atoms with E-state index in [4.69, 9.17) is 11.6 Å². The molecule has 1 aliphatic rings. The molecule has 0 saturated heterocycles. The van der Waals surface area contributed by atoms with Crippen molar-refractivity contribution in [3.05, 3.63) is 65.2 Å². The van der Waals surface area contributed by atoms with E-state index in [-0.39, 0.29) is 17.7 Å². The van der Waals surface area contributed by atoms with Gasteiger partial charge >= 0.3 is 0 Å². The number of nitrogens with zero attached hydrogens (tertiary/aromatic N) is 1. The maximum absolute atomic E-state index is 12.8. The number of fused-ring (bicyclic) bond motifs is 1. The third-order valence-corrected chi connectivity index (χ3v) is 5.10. The Kier molecular flexibility index (Phi) is 5.26. The first-order chi connectivity index (χ1) is 13.6. The predicted molar refractivity (Wildman–Crippen MR) is 110 cm³/mol. The van der Waals surface area contributed by atoms with E-state index in [2.05, 4.69) is 15.6 Å². The minimum Gasteiger partial charge on any atom is -0.354 e. The lowest BCUT2D eigenvalue weighted by atomic mass is 10.0. The molecule has 0 unspecified atom stereocenters. The number of nitrogens with one attached hydrogen (secondary N) is 2. The van der Waals surface area contributed by atoms with Crippen LogP contribution in [0.15, 0.2) is 54.6 Å². The summed E-state index contributed by atoms with van der Waals surface area (Å²) in [6, 6.07) is 16.7. The fourth-order valence-electron chi connectivity index (χ4n) is 3.12. The Morgan fingerprint density at radius 3 is 2.50 bits per heavy atom. The molecule has 2 amide bonds. The number of hydrogen-bond acceptors (Lipinski definition) is 3. The monoisotopic (exact) mass is 393 g/mol. The van der Waals surface area contributed by atoms with Gasteiger partial charge in [0.1, 0.15) is 0 Å². The number of amides is 2. The molecule has 4 rings (SSSR count). The third kappa shape index (κ3) is 3.99. The number of carbonyl (C=O) groups excluding carboxylic acids is 2. The summed E-state index contributed by atoms with van der Waals surface area (Å²) in [7, 11) is 0. The van der Waals surface area contributed by atoms with Crippen molar-refractivity contribution in [2.75, 3.05) is 13.1 Å². The molecule has 1 aromatic heterocycles. The van der Waals surface area contributed by atoms with Gasteiger partial charge in [0.25, 0.3) is 5.91 Å². The highest BCUT2D eigenvalue weighted by Crippen LogP contribution is 2.30. The van der Waals surface area contributed by atoms with Crippen LogP contribution < -0.4 is 10.6 Å². The van der Waals surface area contributed by atoms with Crippen LogP contribution in [0.3, 0.4) is 0 Å². The second kappa shape index (κ2) is 7.98. The Bertz CT molecular complexity index is 1050. The smallest absolute Gasteiger partial charge is 0.252 e. The van der Waals surface area contributed by atoms with Crippen molar-refractivity contribution in [3.8, 4) is 11.3 Å².